The fourth-order valence-electron chi connectivity index (χ4n) is 4.52. The molecule has 1 atom stereocenters. The first-order valence-corrected chi connectivity index (χ1v) is 11.7. The summed E-state index contributed by atoms with van der Waals surface area (Å²) in [4.78, 5) is 31.0. The minimum atomic E-state index is -0.328. The molecule has 1 aromatic heterocycles. The average Bonchev–Trinajstić information content (AvgIpc) is 3.37. The number of nitrogens with zero attached hydrogens (tertiary/aromatic N) is 3. The number of aromatic nitrogens is 1. The summed E-state index contributed by atoms with van der Waals surface area (Å²) in [6.45, 7) is 4.77. The second kappa shape index (κ2) is 10.3. The molecule has 3 aromatic rings. The Kier molecular flexibility index (Phi) is 6.78. The van der Waals surface area contributed by atoms with Gasteiger partial charge in [0.25, 0.3) is 5.91 Å². The topological polar surface area (TPSA) is 97.1 Å². The van der Waals surface area contributed by atoms with Gasteiger partial charge in [-0.3, -0.25) is 15.0 Å². The number of carbonyl (C=O) groups is 2. The molecule has 2 aromatic carbocycles. The molecule has 0 spiro atoms. The smallest absolute Gasteiger partial charge is 0.287 e. The van der Waals surface area contributed by atoms with Crippen molar-refractivity contribution in [1.29, 1.82) is 0 Å². The summed E-state index contributed by atoms with van der Waals surface area (Å²) in [7, 11) is 0. The third-order valence-electron chi connectivity index (χ3n) is 6.28. The highest BCUT2D eigenvalue weighted by atomic mass is 16.5. The molecule has 2 amide bonds. The van der Waals surface area contributed by atoms with Crippen LogP contribution in [0.4, 0.5) is 0 Å². The summed E-state index contributed by atoms with van der Waals surface area (Å²) in [5.41, 5.74) is 6.31. The van der Waals surface area contributed by atoms with Crippen LogP contribution in [0.25, 0.3) is 0 Å². The first-order chi connectivity index (χ1) is 17.1. The van der Waals surface area contributed by atoms with Crippen molar-refractivity contribution in [3.05, 3.63) is 83.1 Å². The van der Waals surface area contributed by atoms with Gasteiger partial charge in [0.2, 0.25) is 11.8 Å². The lowest BCUT2D eigenvalue weighted by atomic mass is 9.88. The fourth-order valence-corrected chi connectivity index (χ4v) is 4.52. The largest absolute Gasteiger partial charge is 0.484 e. The van der Waals surface area contributed by atoms with Gasteiger partial charge >= 0.3 is 0 Å². The zero-order chi connectivity index (χ0) is 24.2. The van der Waals surface area contributed by atoms with E-state index in [2.05, 4.69) is 16.5 Å². The lowest BCUT2D eigenvalue weighted by Crippen LogP contribution is -2.48. The van der Waals surface area contributed by atoms with Crippen LogP contribution in [0.3, 0.4) is 0 Å². The number of morpholine rings is 1. The Bertz CT molecular complexity index is 1190. The standard InChI is InChI=1S/C26H28N4O5/c1-18(31)30-10-9-19-7-8-21(15-22(19)25(30)20-5-3-2-4-6-20)34-17-24-27-23(16-35-24)26(32)28-29-11-13-33-14-12-29/h2-8,15-16,25H,9-14,17H2,1H3,(H,28,32). The molecule has 1 saturated heterocycles. The number of oxazole rings is 1. The number of carbonyl (C=O) groups excluding carboxylic acids is 2. The predicted octanol–water partition coefficient (Wildman–Crippen LogP) is 2.72. The second-order valence-corrected chi connectivity index (χ2v) is 8.59. The van der Waals surface area contributed by atoms with Crippen LogP contribution in [0.2, 0.25) is 0 Å². The minimum absolute atomic E-state index is 0.0403. The van der Waals surface area contributed by atoms with Gasteiger partial charge in [-0.25, -0.2) is 9.99 Å². The van der Waals surface area contributed by atoms with Crippen LogP contribution in [0.5, 0.6) is 5.75 Å². The van der Waals surface area contributed by atoms with Crippen LogP contribution in [-0.2, 0) is 22.6 Å². The van der Waals surface area contributed by atoms with Crippen molar-refractivity contribution in [2.45, 2.75) is 26.0 Å². The summed E-state index contributed by atoms with van der Waals surface area (Å²) in [6.07, 6.45) is 2.12. The monoisotopic (exact) mass is 476 g/mol. The first kappa shape index (κ1) is 23.1. The molecule has 9 nitrogen and oxygen atoms in total. The normalized spacial score (nSPS) is 18.1. The predicted molar refractivity (Wildman–Crippen MR) is 127 cm³/mol. The molecule has 2 aliphatic heterocycles. The van der Waals surface area contributed by atoms with Gasteiger partial charge < -0.3 is 18.8 Å². The van der Waals surface area contributed by atoms with E-state index in [1.54, 1.807) is 11.9 Å². The first-order valence-electron chi connectivity index (χ1n) is 11.7. The minimum Gasteiger partial charge on any atom is -0.484 e. The third kappa shape index (κ3) is 5.21. The number of hydrazine groups is 1. The van der Waals surface area contributed by atoms with E-state index in [0.717, 1.165) is 17.5 Å². The molecule has 1 unspecified atom stereocenters. The molecule has 3 heterocycles. The highest BCUT2D eigenvalue weighted by molar-refractivity contribution is 5.91. The average molecular weight is 477 g/mol. The fraction of sp³-hybridized carbons (Fsp3) is 0.346. The Morgan fingerprint density at radius 1 is 1.11 bits per heavy atom. The van der Waals surface area contributed by atoms with Gasteiger partial charge in [0.05, 0.1) is 19.3 Å². The Hall–Kier alpha value is -3.69. The number of ether oxygens (including phenoxy) is 2. The van der Waals surface area contributed by atoms with Crippen molar-refractivity contribution in [2.75, 3.05) is 32.8 Å². The van der Waals surface area contributed by atoms with Crippen LogP contribution in [0.1, 0.15) is 46.0 Å². The molecule has 0 aliphatic carbocycles. The van der Waals surface area contributed by atoms with Crippen molar-refractivity contribution < 1.29 is 23.5 Å². The van der Waals surface area contributed by atoms with E-state index in [1.165, 1.54) is 11.8 Å². The maximum Gasteiger partial charge on any atom is 0.287 e. The highest BCUT2D eigenvalue weighted by Gasteiger charge is 2.30. The number of amides is 2. The summed E-state index contributed by atoms with van der Waals surface area (Å²) in [5, 5.41) is 1.80. The summed E-state index contributed by atoms with van der Waals surface area (Å²) < 4.78 is 16.7. The van der Waals surface area contributed by atoms with Gasteiger partial charge in [-0.05, 0) is 35.2 Å². The summed E-state index contributed by atoms with van der Waals surface area (Å²) in [6, 6.07) is 15.8. The van der Waals surface area contributed by atoms with E-state index in [1.807, 2.05) is 47.4 Å². The Labute approximate surface area is 203 Å². The van der Waals surface area contributed by atoms with Crippen molar-refractivity contribution >= 4 is 11.8 Å². The molecule has 1 fully saturated rings. The number of hydrogen-bond donors (Lipinski definition) is 1. The zero-order valence-electron chi connectivity index (χ0n) is 19.6. The zero-order valence-corrected chi connectivity index (χ0v) is 19.6. The number of nitrogens with one attached hydrogen (secondary N) is 1. The van der Waals surface area contributed by atoms with Gasteiger partial charge in [0.15, 0.2) is 12.3 Å². The van der Waals surface area contributed by atoms with E-state index in [9.17, 15) is 9.59 Å². The number of hydrogen-bond acceptors (Lipinski definition) is 7. The maximum atomic E-state index is 12.4. The van der Waals surface area contributed by atoms with E-state index in [0.29, 0.717) is 44.5 Å². The van der Waals surface area contributed by atoms with Crippen LogP contribution in [-0.4, -0.2) is 59.6 Å². The van der Waals surface area contributed by atoms with Gasteiger partial charge in [-0.15, -0.1) is 0 Å². The molecular formula is C26H28N4O5. The lowest BCUT2D eigenvalue weighted by molar-refractivity contribution is -0.130. The molecule has 0 radical (unpaired) electrons. The molecule has 9 heteroatoms. The molecule has 182 valence electrons. The Balaban J connectivity index is 1.29. The Morgan fingerprint density at radius 2 is 1.91 bits per heavy atom. The molecular weight excluding hydrogens is 448 g/mol. The molecule has 2 aliphatic rings. The second-order valence-electron chi connectivity index (χ2n) is 8.59. The van der Waals surface area contributed by atoms with Crippen molar-refractivity contribution in [3.63, 3.8) is 0 Å². The molecule has 0 bridgehead atoms. The number of fused-ring (bicyclic) bond motifs is 1. The van der Waals surface area contributed by atoms with Crippen molar-refractivity contribution in [3.8, 4) is 5.75 Å². The quantitative estimate of drug-likeness (QED) is 0.584. The van der Waals surface area contributed by atoms with Gasteiger partial charge in [0.1, 0.15) is 12.0 Å². The highest BCUT2D eigenvalue weighted by Crippen LogP contribution is 2.37. The van der Waals surface area contributed by atoms with Crippen LogP contribution >= 0.6 is 0 Å². The number of rotatable bonds is 6. The third-order valence-corrected chi connectivity index (χ3v) is 6.28. The Morgan fingerprint density at radius 3 is 2.69 bits per heavy atom. The number of benzene rings is 2. The van der Waals surface area contributed by atoms with Crippen LogP contribution in [0, 0.1) is 0 Å². The van der Waals surface area contributed by atoms with Gasteiger partial charge in [-0.1, -0.05) is 36.4 Å². The van der Waals surface area contributed by atoms with Crippen LogP contribution in [0.15, 0.2) is 59.2 Å². The van der Waals surface area contributed by atoms with E-state index in [4.69, 9.17) is 13.9 Å². The van der Waals surface area contributed by atoms with Gasteiger partial charge in [0, 0.05) is 26.6 Å². The lowest BCUT2D eigenvalue weighted by Gasteiger charge is -2.37. The van der Waals surface area contributed by atoms with Crippen molar-refractivity contribution in [1.82, 2.24) is 20.3 Å². The molecule has 5 rings (SSSR count). The van der Waals surface area contributed by atoms with E-state index >= 15 is 0 Å². The molecule has 35 heavy (non-hydrogen) atoms. The van der Waals surface area contributed by atoms with Crippen LogP contribution < -0.4 is 10.2 Å². The summed E-state index contributed by atoms with van der Waals surface area (Å²) in [5.74, 6) is 0.664. The summed E-state index contributed by atoms with van der Waals surface area (Å²) >= 11 is 0. The molecule has 1 N–H and O–H groups in total. The molecule has 0 saturated carbocycles. The van der Waals surface area contributed by atoms with E-state index < -0.39 is 0 Å². The SMILES string of the molecule is CC(=O)N1CCc2ccc(OCc3nc(C(=O)NN4CCOCC4)co3)cc2C1c1ccccc1. The van der Waals surface area contributed by atoms with Gasteiger partial charge in [-0.2, -0.15) is 0 Å². The van der Waals surface area contributed by atoms with E-state index in [-0.39, 0.29) is 30.2 Å². The maximum absolute atomic E-state index is 12.4. The van der Waals surface area contributed by atoms with Crippen molar-refractivity contribution in [2.24, 2.45) is 0 Å².